The van der Waals surface area contributed by atoms with Gasteiger partial charge in [0.2, 0.25) is 5.91 Å². The Hall–Kier alpha value is -2.18. The van der Waals surface area contributed by atoms with Crippen molar-refractivity contribution in [2.75, 3.05) is 11.9 Å². The molecule has 1 rings (SSSR count). The summed E-state index contributed by atoms with van der Waals surface area (Å²) in [6.45, 7) is -0.182. The van der Waals surface area contributed by atoms with E-state index in [-0.39, 0.29) is 17.9 Å². The Morgan fingerprint density at radius 2 is 2.29 bits per heavy atom. The largest absolute Gasteiger partial charge is 0.478 e. The highest BCUT2D eigenvalue weighted by Gasteiger charge is 2.10. The topological polar surface area (TPSA) is 118 Å². The highest BCUT2D eigenvalue weighted by atomic mass is 16.4. The number of carbonyl (C=O) groups excluding carboxylic acids is 1. The summed E-state index contributed by atoms with van der Waals surface area (Å²) in [6, 6.07) is 1.28. The average molecular weight is 196 g/mol. The normalized spacial score (nSPS) is 9.43. The number of hydrogen-bond donors (Lipinski definition) is 3. The van der Waals surface area contributed by atoms with Crippen LogP contribution in [0.1, 0.15) is 10.4 Å². The van der Waals surface area contributed by atoms with Crippen molar-refractivity contribution >= 4 is 17.7 Å². The Balaban J connectivity index is 2.84. The van der Waals surface area contributed by atoms with Gasteiger partial charge in [0.1, 0.15) is 5.56 Å². The van der Waals surface area contributed by atoms with Crippen LogP contribution in [0.4, 0.5) is 5.82 Å². The molecule has 74 valence electrons. The standard InChI is InChI=1S/C7H8N4O3/c8-5(12)3-9-6-4(7(13)14)1-2-10-11-6/h1-2H,3H2,(H2,8,12)(H,9,11)(H,13,14). The molecule has 0 aromatic carbocycles. The zero-order valence-corrected chi connectivity index (χ0v) is 7.10. The molecule has 1 heterocycles. The fraction of sp³-hybridized carbons (Fsp3) is 0.143. The van der Waals surface area contributed by atoms with Gasteiger partial charge < -0.3 is 16.2 Å². The van der Waals surface area contributed by atoms with Crippen LogP contribution in [-0.4, -0.2) is 33.7 Å². The second-order valence-corrected chi connectivity index (χ2v) is 2.42. The summed E-state index contributed by atoms with van der Waals surface area (Å²) in [5.74, 6) is -1.72. The first kappa shape index (κ1) is 9.90. The van der Waals surface area contributed by atoms with Crippen LogP contribution in [0.3, 0.4) is 0 Å². The van der Waals surface area contributed by atoms with E-state index in [0.717, 1.165) is 0 Å². The van der Waals surface area contributed by atoms with Gasteiger partial charge in [-0.15, -0.1) is 5.10 Å². The fourth-order valence-corrected chi connectivity index (χ4v) is 0.806. The predicted molar refractivity (Wildman–Crippen MR) is 46.7 cm³/mol. The molecule has 4 N–H and O–H groups in total. The van der Waals surface area contributed by atoms with E-state index in [1.165, 1.54) is 12.3 Å². The van der Waals surface area contributed by atoms with E-state index in [4.69, 9.17) is 10.8 Å². The van der Waals surface area contributed by atoms with E-state index < -0.39 is 11.9 Å². The van der Waals surface area contributed by atoms with Crippen molar-refractivity contribution in [3.8, 4) is 0 Å². The molecule has 0 radical (unpaired) electrons. The number of amides is 1. The minimum Gasteiger partial charge on any atom is -0.478 e. The smallest absolute Gasteiger partial charge is 0.339 e. The van der Waals surface area contributed by atoms with Gasteiger partial charge in [-0.1, -0.05) is 0 Å². The molecule has 0 aliphatic carbocycles. The van der Waals surface area contributed by atoms with Gasteiger partial charge in [0.25, 0.3) is 0 Å². The maximum absolute atomic E-state index is 10.6. The third kappa shape index (κ3) is 2.41. The third-order valence-electron chi connectivity index (χ3n) is 1.38. The zero-order chi connectivity index (χ0) is 10.6. The highest BCUT2D eigenvalue weighted by molar-refractivity contribution is 5.93. The van der Waals surface area contributed by atoms with Gasteiger partial charge in [0.15, 0.2) is 5.82 Å². The second-order valence-electron chi connectivity index (χ2n) is 2.42. The van der Waals surface area contributed by atoms with Gasteiger partial charge in [0.05, 0.1) is 12.7 Å². The number of hydrogen-bond acceptors (Lipinski definition) is 5. The molecule has 0 bridgehead atoms. The van der Waals surface area contributed by atoms with Crippen molar-refractivity contribution in [1.82, 2.24) is 10.2 Å². The van der Waals surface area contributed by atoms with Crippen LogP contribution in [0, 0.1) is 0 Å². The minimum atomic E-state index is -1.15. The number of anilines is 1. The number of carbonyl (C=O) groups is 2. The molecule has 0 aliphatic rings. The predicted octanol–water partition coefficient (Wildman–Crippen LogP) is -0.928. The first-order chi connectivity index (χ1) is 6.61. The number of nitrogens with zero attached hydrogens (tertiary/aromatic N) is 2. The Labute approximate surface area is 78.9 Å². The van der Waals surface area contributed by atoms with Crippen molar-refractivity contribution in [2.45, 2.75) is 0 Å². The average Bonchev–Trinajstić information content (AvgIpc) is 2.15. The maximum atomic E-state index is 10.6. The summed E-state index contributed by atoms with van der Waals surface area (Å²) in [7, 11) is 0. The van der Waals surface area contributed by atoms with Crippen molar-refractivity contribution in [2.24, 2.45) is 5.73 Å². The zero-order valence-electron chi connectivity index (χ0n) is 7.10. The Morgan fingerprint density at radius 3 is 2.86 bits per heavy atom. The molecule has 0 atom stereocenters. The van der Waals surface area contributed by atoms with Crippen LogP contribution in [0.25, 0.3) is 0 Å². The maximum Gasteiger partial charge on any atom is 0.339 e. The lowest BCUT2D eigenvalue weighted by molar-refractivity contribution is -0.116. The summed E-state index contributed by atoms with van der Waals surface area (Å²) in [5, 5.41) is 18.2. The molecule has 7 nitrogen and oxygen atoms in total. The molecule has 0 saturated carbocycles. The van der Waals surface area contributed by atoms with Gasteiger partial charge in [-0.2, -0.15) is 5.10 Å². The van der Waals surface area contributed by atoms with Gasteiger partial charge in [0, 0.05) is 0 Å². The van der Waals surface area contributed by atoms with Crippen LogP contribution in [0.15, 0.2) is 12.3 Å². The van der Waals surface area contributed by atoms with Gasteiger partial charge >= 0.3 is 5.97 Å². The summed E-state index contributed by atoms with van der Waals surface area (Å²) in [5.41, 5.74) is 4.82. The SMILES string of the molecule is NC(=O)CNc1nnccc1C(=O)O. The van der Waals surface area contributed by atoms with Crippen LogP contribution in [0.5, 0.6) is 0 Å². The Kier molecular flexibility index (Phi) is 2.95. The molecule has 1 aromatic rings. The Bertz CT molecular complexity index is 366. The first-order valence-corrected chi connectivity index (χ1v) is 3.68. The molecule has 1 amide bonds. The van der Waals surface area contributed by atoms with Crippen molar-refractivity contribution in [3.05, 3.63) is 17.8 Å². The summed E-state index contributed by atoms with van der Waals surface area (Å²) >= 11 is 0. The number of nitrogens with one attached hydrogen (secondary N) is 1. The van der Waals surface area contributed by atoms with Crippen LogP contribution < -0.4 is 11.1 Å². The van der Waals surface area contributed by atoms with Crippen LogP contribution >= 0.6 is 0 Å². The number of carboxylic acids is 1. The summed E-state index contributed by atoms with van der Waals surface area (Å²) < 4.78 is 0. The van der Waals surface area contributed by atoms with Crippen molar-refractivity contribution < 1.29 is 14.7 Å². The highest BCUT2D eigenvalue weighted by Crippen LogP contribution is 2.08. The quantitative estimate of drug-likeness (QED) is 0.572. The number of aromatic nitrogens is 2. The lowest BCUT2D eigenvalue weighted by atomic mass is 10.3. The van der Waals surface area contributed by atoms with Gasteiger partial charge in [-0.05, 0) is 6.07 Å². The van der Waals surface area contributed by atoms with E-state index in [2.05, 4.69) is 15.5 Å². The monoisotopic (exact) mass is 196 g/mol. The summed E-state index contributed by atoms with van der Waals surface area (Å²) in [6.07, 6.45) is 1.25. The van der Waals surface area contributed by atoms with E-state index in [9.17, 15) is 9.59 Å². The second kappa shape index (κ2) is 4.17. The number of rotatable bonds is 4. The molecule has 0 spiro atoms. The third-order valence-corrected chi connectivity index (χ3v) is 1.38. The van der Waals surface area contributed by atoms with Crippen LogP contribution in [0.2, 0.25) is 0 Å². The molecule has 14 heavy (non-hydrogen) atoms. The number of nitrogens with two attached hydrogens (primary N) is 1. The molecular formula is C7H8N4O3. The molecule has 0 aliphatic heterocycles. The van der Waals surface area contributed by atoms with E-state index in [1.54, 1.807) is 0 Å². The molecule has 1 aromatic heterocycles. The molecule has 0 fully saturated rings. The van der Waals surface area contributed by atoms with E-state index in [1.807, 2.05) is 0 Å². The first-order valence-electron chi connectivity index (χ1n) is 3.68. The van der Waals surface area contributed by atoms with E-state index >= 15 is 0 Å². The molecule has 7 heteroatoms. The lowest BCUT2D eigenvalue weighted by Gasteiger charge is -2.04. The number of primary amides is 1. The molecular weight excluding hydrogens is 188 g/mol. The van der Waals surface area contributed by atoms with Crippen LogP contribution in [-0.2, 0) is 4.79 Å². The lowest BCUT2D eigenvalue weighted by Crippen LogP contribution is -2.23. The number of aromatic carboxylic acids is 1. The fourth-order valence-electron chi connectivity index (χ4n) is 0.806. The Morgan fingerprint density at radius 1 is 1.57 bits per heavy atom. The van der Waals surface area contributed by atoms with Gasteiger partial charge in [-0.3, -0.25) is 4.79 Å². The van der Waals surface area contributed by atoms with Gasteiger partial charge in [-0.25, -0.2) is 4.79 Å². The van der Waals surface area contributed by atoms with Crippen molar-refractivity contribution in [3.63, 3.8) is 0 Å². The molecule has 0 unspecified atom stereocenters. The van der Waals surface area contributed by atoms with Crippen molar-refractivity contribution in [1.29, 1.82) is 0 Å². The minimum absolute atomic E-state index is 0.0267. The number of carboxylic acid groups (broad SMARTS) is 1. The summed E-state index contributed by atoms with van der Waals surface area (Å²) in [4.78, 5) is 21.1. The van der Waals surface area contributed by atoms with E-state index in [0.29, 0.717) is 0 Å². The molecule has 0 saturated heterocycles.